The summed E-state index contributed by atoms with van der Waals surface area (Å²) in [5.74, 6) is -6.53. The van der Waals surface area contributed by atoms with Crippen LogP contribution in [0.5, 0.6) is 0 Å². The van der Waals surface area contributed by atoms with E-state index in [4.69, 9.17) is 0 Å². The number of alkyl halides is 4. The van der Waals surface area contributed by atoms with E-state index in [9.17, 15) is 27.5 Å². The molecular formula is C11H17F4NO2. The number of amides is 1. The zero-order valence-electron chi connectivity index (χ0n) is 10.1. The lowest BCUT2D eigenvalue weighted by atomic mass is 9.79. The Hall–Kier alpha value is -0.850. The molecule has 0 bridgehead atoms. The smallest absolute Gasteiger partial charge is 0.383 e. The van der Waals surface area contributed by atoms with Crippen LogP contribution in [0.25, 0.3) is 0 Å². The molecule has 2 atom stereocenters. The Morgan fingerprint density at radius 2 is 2.17 bits per heavy atom. The molecular weight excluding hydrogens is 254 g/mol. The number of hydrogen-bond donors (Lipinski definition) is 2. The molecule has 106 valence electrons. The van der Waals surface area contributed by atoms with E-state index >= 15 is 0 Å². The quantitative estimate of drug-likeness (QED) is 0.768. The Bertz CT molecular complexity index is 311. The number of carbonyl (C=O) groups excluding carboxylic acids is 1. The topological polar surface area (TPSA) is 49.3 Å². The molecule has 1 saturated carbocycles. The third kappa shape index (κ3) is 3.57. The minimum absolute atomic E-state index is 0.219. The summed E-state index contributed by atoms with van der Waals surface area (Å²) < 4.78 is 49.1. The van der Waals surface area contributed by atoms with E-state index in [1.165, 1.54) is 0 Å². The molecule has 0 aromatic heterocycles. The minimum atomic E-state index is -4.71. The van der Waals surface area contributed by atoms with Crippen molar-refractivity contribution in [1.82, 2.24) is 5.32 Å². The second kappa shape index (κ2) is 5.42. The third-order valence-electron chi connectivity index (χ3n) is 3.22. The van der Waals surface area contributed by atoms with E-state index in [-0.39, 0.29) is 5.92 Å². The number of carbonyl (C=O) groups is 1. The summed E-state index contributed by atoms with van der Waals surface area (Å²) in [5.41, 5.74) is -1.27. The maximum absolute atomic E-state index is 12.7. The SMILES string of the molecule is CC1CCCC(O)(CNC(=O)C(F)(F)C(F)F)C1. The van der Waals surface area contributed by atoms with Crippen molar-refractivity contribution < 1.29 is 27.5 Å². The average molecular weight is 271 g/mol. The van der Waals surface area contributed by atoms with Gasteiger partial charge in [-0.15, -0.1) is 0 Å². The van der Waals surface area contributed by atoms with Crippen LogP contribution in [0.2, 0.25) is 0 Å². The van der Waals surface area contributed by atoms with E-state index in [1.54, 1.807) is 5.32 Å². The van der Waals surface area contributed by atoms with Gasteiger partial charge >= 0.3 is 12.3 Å². The van der Waals surface area contributed by atoms with Crippen LogP contribution in [0.1, 0.15) is 32.6 Å². The largest absolute Gasteiger partial charge is 0.388 e. The van der Waals surface area contributed by atoms with E-state index in [0.29, 0.717) is 12.8 Å². The Labute approximate surface area is 103 Å². The van der Waals surface area contributed by atoms with E-state index in [1.807, 2.05) is 6.92 Å². The van der Waals surface area contributed by atoms with Gasteiger partial charge in [0, 0.05) is 6.54 Å². The number of halogens is 4. The highest BCUT2D eigenvalue weighted by Gasteiger charge is 2.49. The highest BCUT2D eigenvalue weighted by molar-refractivity contribution is 5.83. The Balaban J connectivity index is 2.52. The summed E-state index contributed by atoms with van der Waals surface area (Å²) in [5, 5.41) is 11.8. The highest BCUT2D eigenvalue weighted by atomic mass is 19.3. The van der Waals surface area contributed by atoms with Gasteiger partial charge in [-0.05, 0) is 18.8 Å². The van der Waals surface area contributed by atoms with Gasteiger partial charge in [0.2, 0.25) is 0 Å². The molecule has 0 heterocycles. The molecule has 0 aliphatic heterocycles. The van der Waals surface area contributed by atoms with Gasteiger partial charge in [-0.2, -0.15) is 8.78 Å². The third-order valence-corrected chi connectivity index (χ3v) is 3.22. The van der Waals surface area contributed by atoms with Crippen LogP contribution >= 0.6 is 0 Å². The molecule has 2 N–H and O–H groups in total. The van der Waals surface area contributed by atoms with Crippen molar-refractivity contribution in [1.29, 1.82) is 0 Å². The molecule has 1 rings (SSSR count). The van der Waals surface area contributed by atoms with Gasteiger partial charge in [-0.25, -0.2) is 8.78 Å². The molecule has 18 heavy (non-hydrogen) atoms. The highest BCUT2D eigenvalue weighted by Crippen LogP contribution is 2.32. The molecule has 0 saturated heterocycles. The predicted octanol–water partition coefficient (Wildman–Crippen LogP) is 1.94. The van der Waals surface area contributed by atoms with Gasteiger partial charge in [-0.3, -0.25) is 4.79 Å². The fourth-order valence-electron chi connectivity index (χ4n) is 2.25. The second-order valence-corrected chi connectivity index (χ2v) is 5.03. The molecule has 2 unspecified atom stereocenters. The molecule has 1 amide bonds. The first-order valence-corrected chi connectivity index (χ1v) is 5.84. The van der Waals surface area contributed by atoms with Gasteiger partial charge < -0.3 is 10.4 Å². The van der Waals surface area contributed by atoms with Crippen LogP contribution in [0.15, 0.2) is 0 Å². The van der Waals surface area contributed by atoms with Crippen LogP contribution in [-0.2, 0) is 4.79 Å². The van der Waals surface area contributed by atoms with Gasteiger partial charge in [-0.1, -0.05) is 19.8 Å². The fraction of sp³-hybridized carbons (Fsp3) is 0.909. The van der Waals surface area contributed by atoms with Crippen molar-refractivity contribution in [2.45, 2.75) is 50.6 Å². The van der Waals surface area contributed by atoms with Gasteiger partial charge in [0.05, 0.1) is 5.60 Å². The molecule has 1 aliphatic rings. The minimum Gasteiger partial charge on any atom is -0.388 e. The van der Waals surface area contributed by atoms with E-state index in [0.717, 1.165) is 12.8 Å². The summed E-state index contributed by atoms with van der Waals surface area (Å²) in [4.78, 5) is 10.9. The van der Waals surface area contributed by atoms with Crippen LogP contribution < -0.4 is 5.32 Å². The predicted molar refractivity (Wildman–Crippen MR) is 56.5 cm³/mol. The van der Waals surface area contributed by atoms with Crippen LogP contribution in [0.4, 0.5) is 17.6 Å². The Kier molecular flexibility index (Phi) is 4.58. The number of nitrogens with one attached hydrogen (secondary N) is 1. The molecule has 7 heteroatoms. The average Bonchev–Trinajstić information content (AvgIpc) is 2.25. The van der Waals surface area contributed by atoms with Crippen LogP contribution in [0, 0.1) is 5.92 Å². The van der Waals surface area contributed by atoms with Gasteiger partial charge in [0.1, 0.15) is 0 Å². The number of hydrogen-bond acceptors (Lipinski definition) is 2. The fourth-order valence-corrected chi connectivity index (χ4v) is 2.25. The Morgan fingerprint density at radius 3 is 2.67 bits per heavy atom. The monoisotopic (exact) mass is 271 g/mol. The summed E-state index contributed by atoms with van der Waals surface area (Å²) >= 11 is 0. The van der Waals surface area contributed by atoms with Crippen molar-refractivity contribution in [2.75, 3.05) is 6.54 Å². The molecule has 3 nitrogen and oxygen atoms in total. The second-order valence-electron chi connectivity index (χ2n) is 5.03. The molecule has 1 fully saturated rings. The lowest BCUT2D eigenvalue weighted by molar-refractivity contribution is -0.170. The molecule has 0 aromatic carbocycles. The maximum Gasteiger partial charge on any atom is 0.383 e. The first-order valence-electron chi connectivity index (χ1n) is 5.84. The van der Waals surface area contributed by atoms with Crippen molar-refractivity contribution >= 4 is 5.91 Å². The van der Waals surface area contributed by atoms with Crippen molar-refractivity contribution in [3.8, 4) is 0 Å². The molecule has 0 spiro atoms. The summed E-state index contributed by atoms with van der Waals surface area (Å²) in [6.07, 6.45) is -1.66. The first-order chi connectivity index (χ1) is 8.17. The van der Waals surface area contributed by atoms with Gasteiger partial charge in [0.25, 0.3) is 5.91 Å². The summed E-state index contributed by atoms with van der Waals surface area (Å²) in [7, 11) is 0. The van der Waals surface area contributed by atoms with Gasteiger partial charge in [0.15, 0.2) is 0 Å². The Morgan fingerprint density at radius 1 is 1.56 bits per heavy atom. The molecule has 1 aliphatic carbocycles. The molecule has 0 radical (unpaired) electrons. The van der Waals surface area contributed by atoms with E-state index in [2.05, 4.69) is 0 Å². The van der Waals surface area contributed by atoms with Crippen molar-refractivity contribution in [3.05, 3.63) is 0 Å². The maximum atomic E-state index is 12.7. The lowest BCUT2D eigenvalue weighted by Crippen LogP contribution is -2.51. The summed E-state index contributed by atoms with van der Waals surface area (Å²) in [6.45, 7) is 1.48. The standard InChI is InChI=1S/C11H17F4NO2/c1-7-3-2-4-10(18,5-7)6-16-9(17)11(14,15)8(12)13/h7-8,18H,2-6H2,1H3,(H,16,17). The number of aliphatic hydroxyl groups is 1. The summed E-state index contributed by atoms with van der Waals surface area (Å²) in [6, 6.07) is 0. The van der Waals surface area contributed by atoms with Crippen molar-refractivity contribution in [3.63, 3.8) is 0 Å². The zero-order valence-corrected chi connectivity index (χ0v) is 10.1. The molecule has 0 aromatic rings. The zero-order chi connectivity index (χ0) is 14.0. The normalized spacial score (nSPS) is 29.4. The number of rotatable bonds is 4. The lowest BCUT2D eigenvalue weighted by Gasteiger charge is -2.35. The van der Waals surface area contributed by atoms with Crippen molar-refractivity contribution in [2.24, 2.45) is 5.92 Å². The first kappa shape index (κ1) is 15.2. The van der Waals surface area contributed by atoms with Crippen LogP contribution in [-0.4, -0.2) is 35.5 Å². The van der Waals surface area contributed by atoms with Crippen LogP contribution in [0.3, 0.4) is 0 Å². The van der Waals surface area contributed by atoms with E-state index < -0.39 is 30.4 Å².